The molecule has 1 heterocycles. The number of amides is 1. The summed E-state index contributed by atoms with van der Waals surface area (Å²) in [4.78, 5) is 17.4. The highest BCUT2D eigenvalue weighted by Crippen LogP contribution is 2.22. The summed E-state index contributed by atoms with van der Waals surface area (Å²) >= 11 is 1.67. The second-order valence-electron chi connectivity index (χ2n) is 4.96. The van der Waals surface area contributed by atoms with Crippen molar-refractivity contribution in [2.24, 2.45) is 5.41 Å². The molecule has 4 heteroatoms. The molecule has 0 saturated carbocycles. The Balaban J connectivity index is 2.65. The maximum absolute atomic E-state index is 11.8. The van der Waals surface area contributed by atoms with Crippen LogP contribution in [0.15, 0.2) is 6.20 Å². The summed E-state index contributed by atoms with van der Waals surface area (Å²) in [5.41, 5.74) is -0.348. The molecule has 16 heavy (non-hydrogen) atoms. The minimum atomic E-state index is -0.348. The first-order valence-corrected chi connectivity index (χ1v) is 6.41. The van der Waals surface area contributed by atoms with E-state index in [0.717, 1.165) is 11.4 Å². The molecule has 0 bridgehead atoms. The van der Waals surface area contributed by atoms with E-state index < -0.39 is 0 Å². The molecule has 3 nitrogen and oxygen atoms in total. The van der Waals surface area contributed by atoms with Crippen molar-refractivity contribution in [1.82, 2.24) is 10.3 Å². The molecule has 0 aliphatic carbocycles. The number of hydrogen-bond acceptors (Lipinski definition) is 3. The van der Waals surface area contributed by atoms with Gasteiger partial charge in [-0.2, -0.15) is 0 Å². The smallest absolute Gasteiger partial charge is 0.225 e. The van der Waals surface area contributed by atoms with Gasteiger partial charge >= 0.3 is 0 Å². The molecule has 1 unspecified atom stereocenters. The number of nitrogens with one attached hydrogen (secondary N) is 1. The van der Waals surface area contributed by atoms with Gasteiger partial charge in [0.05, 0.1) is 6.04 Å². The molecule has 1 aromatic heterocycles. The van der Waals surface area contributed by atoms with Gasteiger partial charge in [0, 0.05) is 16.5 Å². The average Bonchev–Trinajstić information content (AvgIpc) is 2.64. The number of rotatable bonds is 3. The van der Waals surface area contributed by atoms with Crippen molar-refractivity contribution < 1.29 is 4.79 Å². The summed E-state index contributed by atoms with van der Waals surface area (Å²) in [5.74, 6) is 0.0632. The number of aromatic nitrogens is 1. The van der Waals surface area contributed by atoms with Crippen molar-refractivity contribution in [2.75, 3.05) is 0 Å². The largest absolute Gasteiger partial charge is 0.347 e. The zero-order chi connectivity index (χ0) is 12.3. The van der Waals surface area contributed by atoms with Crippen LogP contribution in [0.2, 0.25) is 0 Å². The lowest BCUT2D eigenvalue weighted by atomic mass is 9.95. The van der Waals surface area contributed by atoms with E-state index in [0.29, 0.717) is 0 Å². The molecule has 0 fully saturated rings. The van der Waals surface area contributed by atoms with Gasteiger partial charge in [-0.05, 0) is 13.3 Å². The maximum Gasteiger partial charge on any atom is 0.225 e. The topological polar surface area (TPSA) is 42.0 Å². The lowest BCUT2D eigenvalue weighted by molar-refractivity contribution is -0.129. The molecule has 1 atom stereocenters. The quantitative estimate of drug-likeness (QED) is 0.882. The summed E-state index contributed by atoms with van der Waals surface area (Å²) < 4.78 is 0. The van der Waals surface area contributed by atoms with Crippen molar-refractivity contribution >= 4 is 17.2 Å². The van der Waals surface area contributed by atoms with Gasteiger partial charge in [-0.1, -0.05) is 27.7 Å². The summed E-state index contributed by atoms with van der Waals surface area (Å²) in [6, 6.07) is -0.00275. The SMILES string of the molecule is CCc1cnc(C(C)NC(=O)C(C)(C)C)s1. The standard InChI is InChI=1S/C12H20N2OS/c1-6-9-7-13-10(16-9)8(2)14-11(15)12(3,4)5/h7-8H,6H2,1-5H3,(H,14,15). The monoisotopic (exact) mass is 240 g/mol. The Morgan fingerprint density at radius 2 is 2.19 bits per heavy atom. The van der Waals surface area contributed by atoms with Gasteiger partial charge in [-0.25, -0.2) is 4.98 Å². The van der Waals surface area contributed by atoms with Crippen molar-refractivity contribution in [1.29, 1.82) is 0 Å². The molecule has 1 N–H and O–H groups in total. The summed E-state index contributed by atoms with van der Waals surface area (Å²) in [6.07, 6.45) is 2.89. The minimum Gasteiger partial charge on any atom is -0.347 e. The highest BCUT2D eigenvalue weighted by molar-refractivity contribution is 7.11. The first kappa shape index (κ1) is 13.2. The molecule has 0 spiro atoms. The normalized spacial score (nSPS) is 13.6. The number of nitrogens with zero attached hydrogens (tertiary/aromatic N) is 1. The Morgan fingerprint density at radius 1 is 1.56 bits per heavy atom. The van der Waals surface area contributed by atoms with Crippen molar-refractivity contribution in [2.45, 2.75) is 47.1 Å². The fourth-order valence-electron chi connectivity index (χ4n) is 1.16. The molecule has 1 amide bonds. The second kappa shape index (κ2) is 4.95. The highest BCUT2D eigenvalue weighted by Gasteiger charge is 2.23. The van der Waals surface area contributed by atoms with Crippen LogP contribution in [-0.4, -0.2) is 10.9 Å². The van der Waals surface area contributed by atoms with Crippen LogP contribution in [0.1, 0.15) is 50.5 Å². The van der Waals surface area contributed by atoms with Crippen molar-refractivity contribution in [3.8, 4) is 0 Å². The summed E-state index contributed by atoms with van der Waals surface area (Å²) in [7, 11) is 0. The molecule has 1 aromatic rings. The third kappa shape index (κ3) is 3.30. The van der Waals surface area contributed by atoms with Gasteiger partial charge in [0.1, 0.15) is 5.01 Å². The Labute approximate surface area is 101 Å². The van der Waals surface area contributed by atoms with E-state index in [4.69, 9.17) is 0 Å². The van der Waals surface area contributed by atoms with Crippen LogP contribution >= 0.6 is 11.3 Å². The second-order valence-corrected chi connectivity index (χ2v) is 6.11. The Hall–Kier alpha value is -0.900. The zero-order valence-corrected chi connectivity index (χ0v) is 11.4. The Bertz CT molecular complexity index is 365. The zero-order valence-electron chi connectivity index (χ0n) is 10.6. The minimum absolute atomic E-state index is 0.00275. The molecule has 0 aromatic carbocycles. The van der Waals surface area contributed by atoms with Crippen LogP contribution in [0.3, 0.4) is 0 Å². The van der Waals surface area contributed by atoms with Gasteiger partial charge in [-0.3, -0.25) is 4.79 Å². The third-order valence-corrected chi connectivity index (χ3v) is 3.64. The number of carbonyl (C=O) groups is 1. The van der Waals surface area contributed by atoms with Crippen LogP contribution in [0.25, 0.3) is 0 Å². The molecular weight excluding hydrogens is 220 g/mol. The van der Waals surface area contributed by atoms with Crippen molar-refractivity contribution in [3.63, 3.8) is 0 Å². The first-order valence-electron chi connectivity index (χ1n) is 5.60. The summed E-state index contributed by atoms with van der Waals surface area (Å²) in [6.45, 7) is 9.81. The van der Waals surface area contributed by atoms with Gasteiger partial charge < -0.3 is 5.32 Å². The third-order valence-electron chi connectivity index (χ3n) is 2.32. The number of carbonyl (C=O) groups excluding carboxylic acids is 1. The van der Waals surface area contributed by atoms with Gasteiger partial charge in [0.15, 0.2) is 0 Å². The van der Waals surface area contributed by atoms with E-state index in [1.807, 2.05) is 33.9 Å². The lowest BCUT2D eigenvalue weighted by Crippen LogP contribution is -2.36. The fraction of sp³-hybridized carbons (Fsp3) is 0.667. The molecule has 0 aliphatic heterocycles. The molecule has 0 saturated heterocycles. The number of thiazole rings is 1. The van der Waals surface area contributed by atoms with E-state index in [-0.39, 0.29) is 17.4 Å². The van der Waals surface area contributed by atoms with Crippen LogP contribution in [0.4, 0.5) is 0 Å². The van der Waals surface area contributed by atoms with Crippen LogP contribution < -0.4 is 5.32 Å². The predicted molar refractivity (Wildman–Crippen MR) is 67.5 cm³/mol. The molecule has 90 valence electrons. The van der Waals surface area contributed by atoms with Gasteiger partial charge in [0.25, 0.3) is 0 Å². The fourth-order valence-corrected chi connectivity index (χ4v) is 2.02. The van der Waals surface area contributed by atoms with Gasteiger partial charge in [0.2, 0.25) is 5.91 Å². The van der Waals surface area contributed by atoms with E-state index in [9.17, 15) is 4.79 Å². The van der Waals surface area contributed by atoms with E-state index in [2.05, 4.69) is 17.2 Å². The van der Waals surface area contributed by atoms with E-state index >= 15 is 0 Å². The Morgan fingerprint density at radius 3 is 2.62 bits per heavy atom. The predicted octanol–water partition coefficient (Wildman–Crippen LogP) is 2.93. The van der Waals surface area contributed by atoms with E-state index in [1.54, 1.807) is 11.3 Å². The molecule has 0 radical (unpaired) electrons. The van der Waals surface area contributed by atoms with E-state index in [1.165, 1.54) is 4.88 Å². The van der Waals surface area contributed by atoms with Crippen LogP contribution in [0, 0.1) is 5.41 Å². The van der Waals surface area contributed by atoms with Crippen LogP contribution in [-0.2, 0) is 11.2 Å². The molecule has 1 rings (SSSR count). The maximum atomic E-state index is 11.8. The average molecular weight is 240 g/mol. The highest BCUT2D eigenvalue weighted by atomic mass is 32.1. The van der Waals surface area contributed by atoms with Gasteiger partial charge in [-0.15, -0.1) is 11.3 Å². The lowest BCUT2D eigenvalue weighted by Gasteiger charge is -2.20. The molecular formula is C12H20N2OS. The number of aryl methyl sites for hydroxylation is 1. The summed E-state index contributed by atoms with van der Waals surface area (Å²) in [5, 5.41) is 3.96. The molecule has 0 aliphatic rings. The number of hydrogen-bond donors (Lipinski definition) is 1. The van der Waals surface area contributed by atoms with Crippen LogP contribution in [0.5, 0.6) is 0 Å². The Kier molecular flexibility index (Phi) is 4.08. The van der Waals surface area contributed by atoms with Crippen molar-refractivity contribution in [3.05, 3.63) is 16.1 Å². The first-order chi connectivity index (χ1) is 7.34.